The quantitative estimate of drug-likeness (QED) is 0.676. The standard InChI is InChI=1S/C21H22ClN3O2S/c1-14-2-3-15(11-20(26)27)10-16(14)13-24-6-8-25(9-7-24)21-23-18-5-4-17(22)12-19(18)28-21/h2-5,10,12H,6-9,11,13H2,1H3,(H,26,27). The summed E-state index contributed by atoms with van der Waals surface area (Å²) in [5, 5.41) is 10.8. The van der Waals surface area contributed by atoms with Crippen molar-refractivity contribution in [3.8, 4) is 0 Å². The van der Waals surface area contributed by atoms with Gasteiger partial charge in [0, 0.05) is 37.7 Å². The normalized spacial score (nSPS) is 15.3. The van der Waals surface area contributed by atoms with E-state index in [9.17, 15) is 4.79 Å². The molecule has 2 heterocycles. The van der Waals surface area contributed by atoms with Gasteiger partial charge in [-0.1, -0.05) is 41.1 Å². The minimum Gasteiger partial charge on any atom is -0.481 e. The number of anilines is 1. The van der Waals surface area contributed by atoms with Crippen LogP contribution in [0.3, 0.4) is 0 Å². The van der Waals surface area contributed by atoms with Gasteiger partial charge in [0.2, 0.25) is 0 Å². The van der Waals surface area contributed by atoms with E-state index in [1.54, 1.807) is 11.3 Å². The van der Waals surface area contributed by atoms with E-state index in [-0.39, 0.29) is 6.42 Å². The largest absolute Gasteiger partial charge is 0.481 e. The lowest BCUT2D eigenvalue weighted by molar-refractivity contribution is -0.136. The van der Waals surface area contributed by atoms with Crippen LogP contribution in [0.15, 0.2) is 36.4 Å². The molecule has 2 aromatic carbocycles. The number of carboxylic acid groups (broad SMARTS) is 1. The van der Waals surface area contributed by atoms with E-state index in [4.69, 9.17) is 21.7 Å². The number of aromatic nitrogens is 1. The fourth-order valence-corrected chi connectivity index (χ4v) is 4.83. The summed E-state index contributed by atoms with van der Waals surface area (Å²) in [7, 11) is 0. The molecule has 0 saturated carbocycles. The number of benzene rings is 2. The molecule has 0 atom stereocenters. The number of rotatable bonds is 5. The number of hydrogen-bond donors (Lipinski definition) is 1. The highest BCUT2D eigenvalue weighted by Gasteiger charge is 2.20. The molecular weight excluding hydrogens is 394 g/mol. The summed E-state index contributed by atoms with van der Waals surface area (Å²) in [6.45, 7) is 6.71. The molecule has 7 heteroatoms. The van der Waals surface area contributed by atoms with Gasteiger partial charge in [0.25, 0.3) is 0 Å². The second-order valence-electron chi connectivity index (χ2n) is 7.20. The molecule has 0 unspecified atom stereocenters. The Balaban J connectivity index is 1.40. The summed E-state index contributed by atoms with van der Waals surface area (Å²) >= 11 is 7.78. The molecule has 0 bridgehead atoms. The number of halogens is 1. The number of carboxylic acids is 1. The van der Waals surface area contributed by atoms with Gasteiger partial charge in [-0.05, 0) is 41.8 Å². The number of piperazine rings is 1. The number of fused-ring (bicyclic) bond motifs is 1. The van der Waals surface area contributed by atoms with Gasteiger partial charge in [-0.3, -0.25) is 9.69 Å². The minimum absolute atomic E-state index is 0.0721. The molecule has 1 fully saturated rings. The van der Waals surface area contributed by atoms with Crippen LogP contribution in [0.25, 0.3) is 10.2 Å². The van der Waals surface area contributed by atoms with Crippen LogP contribution >= 0.6 is 22.9 Å². The highest BCUT2D eigenvalue weighted by atomic mass is 35.5. The number of aryl methyl sites for hydroxylation is 1. The van der Waals surface area contributed by atoms with E-state index in [1.807, 2.05) is 36.4 Å². The summed E-state index contributed by atoms with van der Waals surface area (Å²) in [6.07, 6.45) is 0.0721. The first kappa shape index (κ1) is 19.2. The Hall–Kier alpha value is -2.15. The van der Waals surface area contributed by atoms with Crippen molar-refractivity contribution >= 4 is 44.3 Å². The van der Waals surface area contributed by atoms with Crippen molar-refractivity contribution in [2.24, 2.45) is 0 Å². The average molecular weight is 416 g/mol. The molecule has 28 heavy (non-hydrogen) atoms. The second-order valence-corrected chi connectivity index (χ2v) is 8.65. The Kier molecular flexibility index (Phi) is 5.53. The third kappa shape index (κ3) is 4.29. The van der Waals surface area contributed by atoms with Gasteiger partial charge in [0.05, 0.1) is 16.6 Å². The van der Waals surface area contributed by atoms with E-state index >= 15 is 0 Å². The summed E-state index contributed by atoms with van der Waals surface area (Å²) in [6, 6.07) is 11.8. The summed E-state index contributed by atoms with van der Waals surface area (Å²) in [5.41, 5.74) is 4.28. The van der Waals surface area contributed by atoms with Crippen LogP contribution in [0.2, 0.25) is 5.02 Å². The van der Waals surface area contributed by atoms with Crippen molar-refractivity contribution in [3.05, 3.63) is 58.1 Å². The van der Waals surface area contributed by atoms with Crippen LogP contribution < -0.4 is 4.90 Å². The fourth-order valence-electron chi connectivity index (χ4n) is 3.54. The molecule has 5 nitrogen and oxygen atoms in total. The minimum atomic E-state index is -0.791. The van der Waals surface area contributed by atoms with Crippen LogP contribution in [0, 0.1) is 6.92 Å². The Labute approximate surface area is 173 Å². The Morgan fingerprint density at radius 3 is 2.71 bits per heavy atom. The van der Waals surface area contributed by atoms with Crippen molar-refractivity contribution in [1.29, 1.82) is 0 Å². The van der Waals surface area contributed by atoms with Crippen molar-refractivity contribution in [2.45, 2.75) is 19.9 Å². The van der Waals surface area contributed by atoms with Crippen molar-refractivity contribution in [2.75, 3.05) is 31.1 Å². The van der Waals surface area contributed by atoms with Crippen LogP contribution in [-0.2, 0) is 17.8 Å². The van der Waals surface area contributed by atoms with E-state index in [0.717, 1.165) is 58.7 Å². The monoisotopic (exact) mass is 415 g/mol. The predicted octanol–water partition coefficient (Wildman–Crippen LogP) is 4.21. The number of aliphatic carboxylic acids is 1. The molecule has 0 radical (unpaired) electrons. The van der Waals surface area contributed by atoms with Gasteiger partial charge in [-0.25, -0.2) is 4.98 Å². The van der Waals surface area contributed by atoms with Crippen molar-refractivity contribution in [3.63, 3.8) is 0 Å². The molecule has 1 N–H and O–H groups in total. The van der Waals surface area contributed by atoms with Crippen molar-refractivity contribution in [1.82, 2.24) is 9.88 Å². The first-order valence-electron chi connectivity index (χ1n) is 9.31. The summed E-state index contributed by atoms with van der Waals surface area (Å²) < 4.78 is 1.12. The average Bonchev–Trinajstić information content (AvgIpc) is 3.08. The molecule has 4 rings (SSSR count). The number of carbonyl (C=O) groups is 1. The molecule has 1 aromatic heterocycles. The summed E-state index contributed by atoms with van der Waals surface area (Å²) in [4.78, 5) is 20.5. The lowest BCUT2D eigenvalue weighted by atomic mass is 10.0. The Morgan fingerprint density at radius 2 is 1.96 bits per heavy atom. The van der Waals surface area contributed by atoms with Crippen molar-refractivity contribution < 1.29 is 9.90 Å². The van der Waals surface area contributed by atoms with Crippen LogP contribution in [0.4, 0.5) is 5.13 Å². The highest BCUT2D eigenvalue weighted by molar-refractivity contribution is 7.22. The SMILES string of the molecule is Cc1ccc(CC(=O)O)cc1CN1CCN(c2nc3ccc(Cl)cc3s2)CC1. The first-order chi connectivity index (χ1) is 13.5. The van der Waals surface area contributed by atoms with Crippen LogP contribution in [0.5, 0.6) is 0 Å². The zero-order valence-electron chi connectivity index (χ0n) is 15.7. The molecular formula is C21H22ClN3O2S. The van der Waals surface area contributed by atoms with Gasteiger partial charge in [-0.15, -0.1) is 0 Å². The molecule has 0 amide bonds. The maximum Gasteiger partial charge on any atom is 0.307 e. The lowest BCUT2D eigenvalue weighted by Gasteiger charge is -2.34. The van der Waals surface area contributed by atoms with Crippen LogP contribution in [0.1, 0.15) is 16.7 Å². The van der Waals surface area contributed by atoms with Crippen LogP contribution in [-0.4, -0.2) is 47.1 Å². The zero-order valence-corrected chi connectivity index (χ0v) is 17.3. The van der Waals surface area contributed by atoms with Gasteiger partial charge < -0.3 is 10.0 Å². The molecule has 0 spiro atoms. The predicted molar refractivity (Wildman–Crippen MR) is 115 cm³/mol. The highest BCUT2D eigenvalue weighted by Crippen LogP contribution is 2.31. The molecule has 1 aliphatic heterocycles. The molecule has 0 aliphatic carbocycles. The van der Waals surface area contributed by atoms with Gasteiger partial charge in [0.1, 0.15) is 0 Å². The van der Waals surface area contributed by atoms with E-state index in [1.165, 1.54) is 11.1 Å². The zero-order chi connectivity index (χ0) is 19.7. The van der Waals surface area contributed by atoms with Gasteiger partial charge in [-0.2, -0.15) is 0 Å². The fraction of sp³-hybridized carbons (Fsp3) is 0.333. The molecule has 3 aromatic rings. The maximum atomic E-state index is 11.0. The molecule has 1 saturated heterocycles. The lowest BCUT2D eigenvalue weighted by Crippen LogP contribution is -2.46. The number of hydrogen-bond acceptors (Lipinski definition) is 5. The van der Waals surface area contributed by atoms with Gasteiger partial charge in [0.15, 0.2) is 5.13 Å². The number of thiazole rings is 1. The van der Waals surface area contributed by atoms with E-state index in [0.29, 0.717) is 0 Å². The third-order valence-corrected chi connectivity index (χ3v) is 6.46. The number of nitrogens with zero attached hydrogens (tertiary/aromatic N) is 3. The molecule has 1 aliphatic rings. The topological polar surface area (TPSA) is 56.7 Å². The second kappa shape index (κ2) is 8.07. The summed E-state index contributed by atoms with van der Waals surface area (Å²) in [5.74, 6) is -0.791. The van der Waals surface area contributed by atoms with E-state index in [2.05, 4.69) is 16.7 Å². The van der Waals surface area contributed by atoms with E-state index < -0.39 is 5.97 Å². The molecule has 146 valence electrons. The first-order valence-corrected chi connectivity index (χ1v) is 10.5. The smallest absolute Gasteiger partial charge is 0.307 e. The Bertz CT molecular complexity index is 1010. The Morgan fingerprint density at radius 1 is 1.18 bits per heavy atom. The maximum absolute atomic E-state index is 11.0. The van der Waals surface area contributed by atoms with Gasteiger partial charge >= 0.3 is 5.97 Å². The third-order valence-electron chi connectivity index (χ3n) is 5.14.